The zero-order valence-electron chi connectivity index (χ0n) is 8.95. The predicted molar refractivity (Wildman–Crippen MR) is 67.7 cm³/mol. The first-order chi connectivity index (χ1) is 8.61. The second-order valence-corrected chi connectivity index (χ2v) is 4.19. The molecule has 0 radical (unpaired) electrons. The first-order valence-corrected chi connectivity index (χ1v) is 5.69. The van der Waals surface area contributed by atoms with Crippen LogP contribution in [0.3, 0.4) is 0 Å². The van der Waals surface area contributed by atoms with Crippen LogP contribution in [0.4, 0.5) is 4.39 Å². The maximum absolute atomic E-state index is 13.0. The molecule has 0 aliphatic rings. The summed E-state index contributed by atoms with van der Waals surface area (Å²) in [5.74, 6) is 0.0337. The average molecular weight is 282 g/mol. The van der Waals surface area contributed by atoms with Crippen LogP contribution in [0, 0.1) is 17.1 Å². The van der Waals surface area contributed by atoms with E-state index in [0.717, 1.165) is 6.07 Å². The van der Waals surface area contributed by atoms with E-state index in [-0.39, 0.29) is 16.3 Å². The van der Waals surface area contributed by atoms with Gasteiger partial charge in [-0.15, -0.1) is 0 Å². The van der Waals surface area contributed by atoms with Crippen LogP contribution >= 0.6 is 23.2 Å². The number of ether oxygens (including phenoxy) is 1. The number of nitrogens with zero attached hydrogens (tertiary/aromatic N) is 1. The van der Waals surface area contributed by atoms with E-state index in [4.69, 9.17) is 33.2 Å². The quantitative estimate of drug-likeness (QED) is 0.792. The highest BCUT2D eigenvalue weighted by molar-refractivity contribution is 6.42. The van der Waals surface area contributed by atoms with Crippen LogP contribution in [-0.4, -0.2) is 0 Å². The molecule has 2 aromatic carbocycles. The Labute approximate surface area is 113 Å². The standard InChI is InChI=1S/C13H6Cl2FNO/c14-10-2-1-3-12(13(10)15)18-11-5-4-9(16)6-8(11)7-17/h1-6H. The molecule has 0 spiro atoms. The summed E-state index contributed by atoms with van der Waals surface area (Å²) in [7, 11) is 0. The van der Waals surface area contributed by atoms with E-state index in [1.807, 2.05) is 6.07 Å². The van der Waals surface area contributed by atoms with Gasteiger partial charge in [-0.25, -0.2) is 4.39 Å². The molecule has 90 valence electrons. The highest BCUT2D eigenvalue weighted by Gasteiger charge is 2.10. The van der Waals surface area contributed by atoms with Crippen molar-refractivity contribution in [3.63, 3.8) is 0 Å². The van der Waals surface area contributed by atoms with Crippen LogP contribution in [0.5, 0.6) is 11.5 Å². The molecular formula is C13H6Cl2FNO. The molecule has 0 saturated carbocycles. The lowest BCUT2D eigenvalue weighted by atomic mass is 10.2. The molecule has 2 rings (SSSR count). The van der Waals surface area contributed by atoms with E-state index in [9.17, 15) is 4.39 Å². The van der Waals surface area contributed by atoms with Gasteiger partial charge >= 0.3 is 0 Å². The first-order valence-electron chi connectivity index (χ1n) is 4.93. The Balaban J connectivity index is 2.41. The summed E-state index contributed by atoms with van der Waals surface area (Å²) in [6.07, 6.45) is 0. The third-order valence-electron chi connectivity index (χ3n) is 2.20. The third kappa shape index (κ3) is 2.56. The van der Waals surface area contributed by atoms with Gasteiger partial charge in [0.15, 0.2) is 0 Å². The minimum atomic E-state index is -0.504. The molecule has 0 amide bonds. The molecule has 0 unspecified atom stereocenters. The summed E-state index contributed by atoms with van der Waals surface area (Å²) in [4.78, 5) is 0. The summed E-state index contributed by atoms with van der Waals surface area (Å²) in [5, 5.41) is 9.47. The SMILES string of the molecule is N#Cc1cc(F)ccc1Oc1cccc(Cl)c1Cl. The molecule has 0 aliphatic heterocycles. The topological polar surface area (TPSA) is 33.0 Å². The molecule has 2 nitrogen and oxygen atoms in total. The summed E-state index contributed by atoms with van der Waals surface area (Å²) in [6, 6.07) is 10.4. The van der Waals surface area contributed by atoms with E-state index < -0.39 is 5.82 Å². The molecule has 0 heterocycles. The molecule has 0 aliphatic carbocycles. The van der Waals surface area contributed by atoms with Gasteiger partial charge in [0.2, 0.25) is 0 Å². The number of hydrogen-bond acceptors (Lipinski definition) is 2. The lowest BCUT2D eigenvalue weighted by Crippen LogP contribution is -1.90. The van der Waals surface area contributed by atoms with Crippen LogP contribution in [0.2, 0.25) is 10.0 Å². The predicted octanol–water partition coefficient (Wildman–Crippen LogP) is 4.80. The summed E-state index contributed by atoms with van der Waals surface area (Å²) >= 11 is 11.8. The fourth-order valence-corrected chi connectivity index (χ4v) is 1.69. The van der Waals surface area contributed by atoms with Gasteiger partial charge in [0.05, 0.1) is 10.6 Å². The summed E-state index contributed by atoms with van der Waals surface area (Å²) < 4.78 is 18.4. The van der Waals surface area contributed by atoms with E-state index in [1.165, 1.54) is 12.1 Å². The van der Waals surface area contributed by atoms with Gasteiger partial charge in [-0.1, -0.05) is 29.3 Å². The van der Waals surface area contributed by atoms with Crippen LogP contribution < -0.4 is 4.74 Å². The number of rotatable bonds is 2. The fraction of sp³-hybridized carbons (Fsp3) is 0. The smallest absolute Gasteiger partial charge is 0.147 e. The Morgan fingerprint density at radius 1 is 1.11 bits per heavy atom. The second-order valence-electron chi connectivity index (χ2n) is 3.41. The van der Waals surface area contributed by atoms with Crippen molar-refractivity contribution in [1.82, 2.24) is 0 Å². The number of nitriles is 1. The van der Waals surface area contributed by atoms with Gasteiger partial charge in [-0.05, 0) is 30.3 Å². The van der Waals surface area contributed by atoms with Gasteiger partial charge in [0.25, 0.3) is 0 Å². The Kier molecular flexibility index (Phi) is 3.71. The number of halogens is 3. The lowest BCUT2D eigenvalue weighted by molar-refractivity contribution is 0.479. The molecule has 5 heteroatoms. The molecule has 0 aromatic heterocycles. The van der Waals surface area contributed by atoms with Crippen LogP contribution in [-0.2, 0) is 0 Å². The monoisotopic (exact) mass is 281 g/mol. The van der Waals surface area contributed by atoms with E-state index in [2.05, 4.69) is 0 Å². The Bertz CT molecular complexity index is 637. The van der Waals surface area contributed by atoms with Crippen LogP contribution in [0.1, 0.15) is 5.56 Å². The molecular weight excluding hydrogens is 276 g/mol. The van der Waals surface area contributed by atoms with Gasteiger partial charge in [-0.2, -0.15) is 5.26 Å². The molecule has 0 fully saturated rings. The third-order valence-corrected chi connectivity index (χ3v) is 3.00. The minimum absolute atomic E-state index is 0.0889. The Morgan fingerprint density at radius 2 is 1.89 bits per heavy atom. The zero-order chi connectivity index (χ0) is 13.1. The van der Waals surface area contributed by atoms with Crippen molar-refractivity contribution >= 4 is 23.2 Å². The van der Waals surface area contributed by atoms with Crippen molar-refractivity contribution in [3.05, 3.63) is 57.8 Å². The molecule has 0 saturated heterocycles. The van der Waals surface area contributed by atoms with E-state index >= 15 is 0 Å². The average Bonchev–Trinajstić information content (AvgIpc) is 2.37. The minimum Gasteiger partial charge on any atom is -0.454 e. The number of benzene rings is 2. The van der Waals surface area contributed by atoms with Crippen molar-refractivity contribution in [2.75, 3.05) is 0 Å². The lowest BCUT2D eigenvalue weighted by Gasteiger charge is -2.09. The normalized spacial score (nSPS) is 9.89. The number of hydrogen-bond donors (Lipinski definition) is 0. The van der Waals surface area contributed by atoms with Gasteiger partial charge < -0.3 is 4.74 Å². The fourth-order valence-electron chi connectivity index (χ4n) is 1.36. The molecule has 18 heavy (non-hydrogen) atoms. The molecule has 0 atom stereocenters. The maximum atomic E-state index is 13.0. The summed E-state index contributed by atoms with van der Waals surface area (Å²) in [6.45, 7) is 0. The largest absolute Gasteiger partial charge is 0.454 e. The van der Waals surface area contributed by atoms with Crippen molar-refractivity contribution in [2.45, 2.75) is 0 Å². The van der Waals surface area contributed by atoms with Crippen molar-refractivity contribution in [1.29, 1.82) is 5.26 Å². The van der Waals surface area contributed by atoms with Gasteiger partial charge in [0, 0.05) is 0 Å². The van der Waals surface area contributed by atoms with Crippen molar-refractivity contribution in [2.24, 2.45) is 0 Å². The Hall–Kier alpha value is -1.76. The Morgan fingerprint density at radius 3 is 2.61 bits per heavy atom. The summed E-state index contributed by atoms with van der Waals surface area (Å²) in [5.41, 5.74) is 0.0889. The highest BCUT2D eigenvalue weighted by Crippen LogP contribution is 2.35. The maximum Gasteiger partial charge on any atom is 0.147 e. The van der Waals surface area contributed by atoms with E-state index in [1.54, 1.807) is 18.2 Å². The van der Waals surface area contributed by atoms with Crippen molar-refractivity contribution in [3.8, 4) is 17.6 Å². The van der Waals surface area contributed by atoms with Crippen LogP contribution in [0.25, 0.3) is 0 Å². The molecule has 0 N–H and O–H groups in total. The van der Waals surface area contributed by atoms with Crippen molar-refractivity contribution < 1.29 is 9.13 Å². The molecule has 2 aromatic rings. The molecule has 0 bridgehead atoms. The van der Waals surface area contributed by atoms with Gasteiger partial charge in [-0.3, -0.25) is 0 Å². The van der Waals surface area contributed by atoms with Crippen LogP contribution in [0.15, 0.2) is 36.4 Å². The van der Waals surface area contributed by atoms with E-state index in [0.29, 0.717) is 10.8 Å². The van der Waals surface area contributed by atoms with Gasteiger partial charge in [0.1, 0.15) is 28.4 Å². The zero-order valence-corrected chi connectivity index (χ0v) is 10.5. The highest BCUT2D eigenvalue weighted by atomic mass is 35.5. The first kappa shape index (κ1) is 12.7. The second kappa shape index (κ2) is 5.26.